The van der Waals surface area contributed by atoms with E-state index in [1.54, 1.807) is 0 Å². The first kappa shape index (κ1) is 15.3. The summed E-state index contributed by atoms with van der Waals surface area (Å²) in [5, 5.41) is 3.76. The van der Waals surface area contributed by atoms with Gasteiger partial charge in [0.2, 0.25) is 5.91 Å². The van der Waals surface area contributed by atoms with Gasteiger partial charge >= 0.3 is 0 Å². The van der Waals surface area contributed by atoms with Crippen molar-refractivity contribution in [1.29, 1.82) is 0 Å². The van der Waals surface area contributed by atoms with Crippen LogP contribution < -0.4 is 5.32 Å². The summed E-state index contributed by atoms with van der Waals surface area (Å²) in [7, 11) is 0. The Balaban J connectivity index is 1.79. The van der Waals surface area contributed by atoms with E-state index in [1.165, 1.54) is 25.7 Å². The molecule has 3 heteroatoms. The van der Waals surface area contributed by atoms with Gasteiger partial charge in [-0.25, -0.2) is 0 Å². The Morgan fingerprint density at radius 1 is 1.14 bits per heavy atom. The number of nitrogens with zero attached hydrogens (tertiary/aromatic N) is 1. The lowest BCUT2D eigenvalue weighted by molar-refractivity contribution is -0.134. The number of carbonyl (C=O) groups is 1. The molecule has 1 spiro atoms. The number of rotatable bonds is 5. The van der Waals surface area contributed by atoms with Crippen LogP contribution in [0.3, 0.4) is 0 Å². The second-order valence-electron chi connectivity index (χ2n) is 8.53. The average Bonchev–Trinajstić information content (AvgIpc) is 2.98. The standard InChI is InChI=1S/C18H32N2O/c1-13(2)11-15-19-18(7-5-6-8-18)16(21)20(15)12-17(9-10-17)14(3)4/h13-15,19H,5-12H2,1-4H3. The van der Waals surface area contributed by atoms with Gasteiger partial charge in [0.05, 0.1) is 11.7 Å². The number of nitrogens with one attached hydrogen (secondary N) is 1. The zero-order valence-electron chi connectivity index (χ0n) is 14.2. The smallest absolute Gasteiger partial charge is 0.244 e. The Bertz CT molecular complexity index is 405. The highest BCUT2D eigenvalue weighted by atomic mass is 16.2. The van der Waals surface area contributed by atoms with Crippen LogP contribution in [0.1, 0.15) is 72.6 Å². The minimum absolute atomic E-state index is 0.202. The monoisotopic (exact) mass is 292 g/mol. The van der Waals surface area contributed by atoms with Gasteiger partial charge < -0.3 is 4.90 Å². The van der Waals surface area contributed by atoms with Crippen LogP contribution in [0.15, 0.2) is 0 Å². The molecule has 1 N–H and O–H groups in total. The van der Waals surface area contributed by atoms with Crippen LogP contribution in [0, 0.1) is 17.3 Å². The third kappa shape index (κ3) is 2.62. The molecule has 1 saturated heterocycles. The molecule has 120 valence electrons. The van der Waals surface area contributed by atoms with Crippen molar-refractivity contribution in [2.24, 2.45) is 17.3 Å². The van der Waals surface area contributed by atoms with Crippen molar-refractivity contribution >= 4 is 5.91 Å². The van der Waals surface area contributed by atoms with Crippen LogP contribution in [0.5, 0.6) is 0 Å². The predicted molar refractivity (Wildman–Crippen MR) is 85.8 cm³/mol. The fourth-order valence-electron chi connectivity index (χ4n) is 4.44. The van der Waals surface area contributed by atoms with E-state index in [0.717, 1.165) is 25.8 Å². The lowest BCUT2D eigenvalue weighted by Crippen LogP contribution is -2.45. The maximum atomic E-state index is 13.1. The van der Waals surface area contributed by atoms with E-state index in [2.05, 4.69) is 37.9 Å². The van der Waals surface area contributed by atoms with Crippen molar-refractivity contribution < 1.29 is 4.79 Å². The Labute approximate surface area is 129 Å². The quantitative estimate of drug-likeness (QED) is 0.840. The van der Waals surface area contributed by atoms with E-state index < -0.39 is 0 Å². The number of amides is 1. The van der Waals surface area contributed by atoms with Gasteiger partial charge in [-0.1, -0.05) is 40.5 Å². The molecule has 3 aliphatic rings. The molecule has 1 atom stereocenters. The highest BCUT2D eigenvalue weighted by Gasteiger charge is 2.56. The van der Waals surface area contributed by atoms with Crippen molar-refractivity contribution in [3.63, 3.8) is 0 Å². The summed E-state index contributed by atoms with van der Waals surface area (Å²) in [6, 6.07) is 0. The number of carbonyl (C=O) groups excluding carboxylic acids is 1. The second-order valence-corrected chi connectivity index (χ2v) is 8.53. The van der Waals surface area contributed by atoms with E-state index in [4.69, 9.17) is 0 Å². The van der Waals surface area contributed by atoms with Gasteiger partial charge in [0.1, 0.15) is 0 Å². The fraction of sp³-hybridized carbons (Fsp3) is 0.944. The molecule has 2 saturated carbocycles. The van der Waals surface area contributed by atoms with Gasteiger partial charge in [-0.15, -0.1) is 0 Å². The van der Waals surface area contributed by atoms with Gasteiger partial charge in [-0.2, -0.15) is 0 Å². The van der Waals surface area contributed by atoms with Gasteiger partial charge in [0.15, 0.2) is 0 Å². The van der Waals surface area contributed by atoms with Crippen LogP contribution in [-0.4, -0.2) is 29.1 Å². The van der Waals surface area contributed by atoms with Crippen molar-refractivity contribution in [3.8, 4) is 0 Å². The van der Waals surface area contributed by atoms with Crippen LogP contribution in [0.2, 0.25) is 0 Å². The minimum Gasteiger partial charge on any atom is -0.325 e. The Morgan fingerprint density at radius 3 is 2.24 bits per heavy atom. The topological polar surface area (TPSA) is 32.3 Å². The van der Waals surface area contributed by atoms with E-state index in [9.17, 15) is 4.79 Å². The van der Waals surface area contributed by atoms with Crippen molar-refractivity contribution in [3.05, 3.63) is 0 Å². The summed E-state index contributed by atoms with van der Waals surface area (Å²) in [4.78, 5) is 15.3. The molecule has 1 unspecified atom stereocenters. The summed E-state index contributed by atoms with van der Waals surface area (Å²) in [6.07, 6.45) is 8.46. The molecule has 1 aliphatic heterocycles. The molecule has 0 bridgehead atoms. The van der Waals surface area contributed by atoms with Crippen LogP contribution in [0.4, 0.5) is 0 Å². The van der Waals surface area contributed by atoms with E-state index in [-0.39, 0.29) is 11.7 Å². The lowest BCUT2D eigenvalue weighted by Gasteiger charge is -2.31. The molecule has 21 heavy (non-hydrogen) atoms. The van der Waals surface area contributed by atoms with Crippen molar-refractivity contribution in [1.82, 2.24) is 10.2 Å². The fourth-order valence-corrected chi connectivity index (χ4v) is 4.44. The largest absolute Gasteiger partial charge is 0.325 e. The Kier molecular flexibility index (Phi) is 3.84. The van der Waals surface area contributed by atoms with E-state index >= 15 is 0 Å². The third-order valence-electron chi connectivity index (χ3n) is 6.24. The minimum atomic E-state index is -0.202. The normalized spacial score (nSPS) is 30.1. The number of hydrogen-bond acceptors (Lipinski definition) is 2. The molecule has 1 amide bonds. The van der Waals surface area contributed by atoms with E-state index in [0.29, 0.717) is 23.2 Å². The highest BCUT2D eigenvalue weighted by Crippen LogP contribution is 2.53. The molecule has 0 aromatic carbocycles. The first-order chi connectivity index (χ1) is 9.89. The second kappa shape index (κ2) is 5.26. The summed E-state index contributed by atoms with van der Waals surface area (Å²) in [5.74, 6) is 1.73. The van der Waals surface area contributed by atoms with Crippen LogP contribution >= 0.6 is 0 Å². The van der Waals surface area contributed by atoms with Crippen molar-refractivity contribution in [2.75, 3.05) is 6.54 Å². The van der Waals surface area contributed by atoms with Gasteiger partial charge in [0, 0.05) is 6.54 Å². The molecule has 0 aromatic heterocycles. The maximum absolute atomic E-state index is 13.1. The molecule has 3 nitrogen and oxygen atoms in total. The third-order valence-corrected chi connectivity index (χ3v) is 6.24. The van der Waals surface area contributed by atoms with Crippen LogP contribution in [0.25, 0.3) is 0 Å². The Morgan fingerprint density at radius 2 is 1.76 bits per heavy atom. The van der Waals surface area contributed by atoms with Gasteiger partial charge in [-0.3, -0.25) is 10.1 Å². The molecule has 0 aromatic rings. The van der Waals surface area contributed by atoms with Crippen LogP contribution in [-0.2, 0) is 4.79 Å². The molecule has 0 radical (unpaired) electrons. The molecular weight excluding hydrogens is 260 g/mol. The lowest BCUT2D eigenvalue weighted by atomic mass is 9.91. The Hall–Kier alpha value is -0.570. The number of hydrogen-bond donors (Lipinski definition) is 1. The molecule has 3 fully saturated rings. The predicted octanol–water partition coefficient (Wildman–Crippen LogP) is 3.54. The molecule has 3 rings (SSSR count). The summed E-state index contributed by atoms with van der Waals surface area (Å²) in [6.45, 7) is 10.2. The summed E-state index contributed by atoms with van der Waals surface area (Å²) in [5.41, 5.74) is 0.212. The van der Waals surface area contributed by atoms with Gasteiger partial charge in [-0.05, 0) is 49.4 Å². The first-order valence-corrected chi connectivity index (χ1v) is 8.97. The molecular formula is C18H32N2O. The zero-order valence-corrected chi connectivity index (χ0v) is 14.2. The van der Waals surface area contributed by atoms with E-state index in [1.807, 2.05) is 0 Å². The zero-order chi connectivity index (χ0) is 15.3. The SMILES string of the molecule is CC(C)CC1NC2(CCCC2)C(=O)N1CC1(C(C)C)CC1. The summed E-state index contributed by atoms with van der Waals surface area (Å²) >= 11 is 0. The maximum Gasteiger partial charge on any atom is 0.244 e. The summed E-state index contributed by atoms with van der Waals surface area (Å²) < 4.78 is 0. The first-order valence-electron chi connectivity index (χ1n) is 8.97. The highest BCUT2D eigenvalue weighted by molar-refractivity contribution is 5.89. The molecule has 1 heterocycles. The van der Waals surface area contributed by atoms with Crippen molar-refractivity contribution in [2.45, 2.75) is 84.3 Å². The molecule has 2 aliphatic carbocycles. The van der Waals surface area contributed by atoms with Gasteiger partial charge in [0.25, 0.3) is 0 Å². The average molecular weight is 292 g/mol.